The molecule has 39 heavy (non-hydrogen) atoms. The van der Waals surface area contributed by atoms with Crippen molar-refractivity contribution >= 4 is 27.4 Å². The van der Waals surface area contributed by atoms with Crippen molar-refractivity contribution in [3.63, 3.8) is 0 Å². The Balaban J connectivity index is 1.62. The van der Waals surface area contributed by atoms with Crippen LogP contribution in [0.3, 0.4) is 0 Å². The molecule has 1 aliphatic rings. The molecule has 0 amide bonds. The van der Waals surface area contributed by atoms with Gasteiger partial charge in [0.15, 0.2) is 5.60 Å². The Morgan fingerprint density at radius 3 is 2.26 bits per heavy atom. The molecule has 9 heteroatoms. The third kappa shape index (κ3) is 3.73. The average molecular weight is 530 g/mol. The Labute approximate surface area is 222 Å². The number of aliphatic hydroxyl groups is 1. The number of nitrogen functional groups attached to an aromatic ring is 1. The van der Waals surface area contributed by atoms with Gasteiger partial charge < -0.3 is 20.3 Å². The van der Waals surface area contributed by atoms with Crippen LogP contribution < -0.4 is 11.4 Å². The number of aromatic nitrogens is 2. The molecule has 0 spiro atoms. The second-order valence-corrected chi connectivity index (χ2v) is 9.59. The van der Waals surface area contributed by atoms with Gasteiger partial charge in [-0.25, -0.2) is 4.79 Å². The number of rotatable bonds is 5. The topological polar surface area (TPSA) is 99.6 Å². The molecular formula is C30H25F2N3O4. The molecule has 0 aliphatic carbocycles. The SMILES string of the molecule is COC(c1cccc2ccccc12)[C@H]1O[C@@H](n2ccc(N)nc2=O)C(F)(F)[C@@]1(O)c1cccc2ccccc12. The predicted molar refractivity (Wildman–Crippen MR) is 143 cm³/mol. The van der Waals surface area contributed by atoms with E-state index in [0.717, 1.165) is 17.0 Å². The van der Waals surface area contributed by atoms with Crippen molar-refractivity contribution in [2.75, 3.05) is 12.8 Å². The maximum atomic E-state index is 16.8. The summed E-state index contributed by atoms with van der Waals surface area (Å²) in [6.07, 6.45) is -3.88. The number of hydrogen-bond donors (Lipinski definition) is 2. The quantitative estimate of drug-likeness (QED) is 0.335. The molecule has 4 atom stereocenters. The Morgan fingerprint density at radius 2 is 1.56 bits per heavy atom. The minimum atomic E-state index is -4.01. The van der Waals surface area contributed by atoms with Gasteiger partial charge in [-0.1, -0.05) is 84.9 Å². The van der Waals surface area contributed by atoms with Crippen molar-refractivity contribution in [3.05, 3.63) is 119 Å². The van der Waals surface area contributed by atoms with Gasteiger partial charge in [-0.2, -0.15) is 13.8 Å². The van der Waals surface area contributed by atoms with E-state index in [1.807, 2.05) is 30.3 Å². The van der Waals surface area contributed by atoms with E-state index in [-0.39, 0.29) is 11.4 Å². The molecule has 5 aromatic rings. The van der Waals surface area contributed by atoms with Crippen LogP contribution in [0.15, 0.2) is 102 Å². The number of nitrogens with zero attached hydrogens (tertiary/aromatic N) is 2. The van der Waals surface area contributed by atoms with Crippen molar-refractivity contribution in [1.29, 1.82) is 0 Å². The highest BCUT2D eigenvalue weighted by molar-refractivity contribution is 5.87. The molecular weight excluding hydrogens is 504 g/mol. The maximum absolute atomic E-state index is 16.8. The van der Waals surface area contributed by atoms with Crippen LogP contribution in [-0.2, 0) is 15.1 Å². The van der Waals surface area contributed by atoms with E-state index in [9.17, 15) is 9.90 Å². The smallest absolute Gasteiger partial charge is 0.351 e. The van der Waals surface area contributed by atoms with Crippen molar-refractivity contribution in [1.82, 2.24) is 9.55 Å². The Kier molecular flexibility index (Phi) is 5.95. The number of fused-ring (bicyclic) bond motifs is 2. The summed E-state index contributed by atoms with van der Waals surface area (Å²) < 4.78 is 46.0. The first-order valence-electron chi connectivity index (χ1n) is 12.4. The number of anilines is 1. The lowest BCUT2D eigenvalue weighted by molar-refractivity contribution is -0.196. The van der Waals surface area contributed by atoms with Crippen LogP contribution in [0.5, 0.6) is 0 Å². The van der Waals surface area contributed by atoms with Crippen molar-refractivity contribution < 1.29 is 23.4 Å². The molecule has 4 aromatic carbocycles. The standard InChI is InChI=1S/C30H25F2N3O4/c1-38-25(22-14-6-10-18-8-2-4-12-20(18)22)26-29(37,23-15-7-11-19-9-3-5-13-21(19)23)30(31,32)27(39-26)35-17-16-24(33)34-28(35)36/h2-17,25-27,37H,1H3,(H2,33,34,36)/t25?,26-,27-,29-/m1/s1. The van der Waals surface area contributed by atoms with E-state index in [1.54, 1.807) is 48.5 Å². The summed E-state index contributed by atoms with van der Waals surface area (Å²) in [5.74, 6) is -4.13. The zero-order valence-electron chi connectivity index (χ0n) is 20.9. The van der Waals surface area contributed by atoms with Gasteiger partial charge in [0.25, 0.3) is 0 Å². The average Bonchev–Trinajstić information content (AvgIpc) is 3.15. The highest BCUT2D eigenvalue weighted by Crippen LogP contribution is 2.59. The molecule has 2 heterocycles. The summed E-state index contributed by atoms with van der Waals surface area (Å²) in [6, 6.07) is 25.9. The van der Waals surface area contributed by atoms with Crippen LogP contribution in [0, 0.1) is 0 Å². The van der Waals surface area contributed by atoms with E-state index >= 15 is 8.78 Å². The van der Waals surface area contributed by atoms with Crippen LogP contribution in [-0.4, -0.2) is 33.8 Å². The summed E-state index contributed by atoms with van der Waals surface area (Å²) in [4.78, 5) is 16.3. The van der Waals surface area contributed by atoms with Gasteiger partial charge in [-0.3, -0.25) is 4.57 Å². The normalized spacial score (nSPS) is 23.3. The van der Waals surface area contributed by atoms with E-state index in [2.05, 4.69) is 4.98 Å². The first-order chi connectivity index (χ1) is 18.8. The number of alkyl halides is 2. The fraction of sp³-hybridized carbons (Fsp3) is 0.200. The van der Waals surface area contributed by atoms with Crippen molar-refractivity contribution in [3.8, 4) is 0 Å². The van der Waals surface area contributed by atoms with Gasteiger partial charge in [0, 0.05) is 18.9 Å². The second kappa shape index (κ2) is 9.23. The number of ether oxygens (including phenoxy) is 2. The number of nitrogens with two attached hydrogens (primary N) is 1. The van der Waals surface area contributed by atoms with Gasteiger partial charge in [0.2, 0.25) is 6.23 Å². The van der Waals surface area contributed by atoms with Crippen LogP contribution >= 0.6 is 0 Å². The van der Waals surface area contributed by atoms with Gasteiger partial charge >= 0.3 is 11.6 Å². The van der Waals surface area contributed by atoms with Gasteiger partial charge in [0.1, 0.15) is 18.0 Å². The fourth-order valence-electron chi connectivity index (χ4n) is 5.64. The number of methoxy groups -OCH3 is 1. The van der Waals surface area contributed by atoms with Crippen LogP contribution in [0.2, 0.25) is 0 Å². The van der Waals surface area contributed by atoms with Gasteiger partial charge in [-0.05, 0) is 33.2 Å². The molecule has 3 N–H and O–H groups in total. The molecule has 0 saturated carbocycles. The number of halogens is 2. The van der Waals surface area contributed by atoms with Crippen LogP contribution in [0.4, 0.5) is 14.6 Å². The molecule has 1 saturated heterocycles. The van der Waals surface area contributed by atoms with Crippen LogP contribution in [0.25, 0.3) is 21.5 Å². The minimum Gasteiger partial charge on any atom is -0.383 e. The molecule has 198 valence electrons. The summed E-state index contributed by atoms with van der Waals surface area (Å²) in [6.45, 7) is 0. The molecule has 0 radical (unpaired) electrons. The zero-order valence-corrected chi connectivity index (χ0v) is 20.9. The minimum absolute atomic E-state index is 0.0446. The zero-order chi connectivity index (χ0) is 27.4. The monoisotopic (exact) mass is 529 g/mol. The van der Waals surface area contributed by atoms with Gasteiger partial charge in [-0.15, -0.1) is 0 Å². The molecule has 1 unspecified atom stereocenters. The third-order valence-corrected chi connectivity index (χ3v) is 7.47. The van der Waals surface area contributed by atoms with E-state index < -0.39 is 35.6 Å². The molecule has 7 nitrogen and oxygen atoms in total. The Hall–Kier alpha value is -4.18. The molecule has 1 aliphatic heterocycles. The Bertz CT molecular complexity index is 1750. The van der Waals surface area contributed by atoms with Gasteiger partial charge in [0.05, 0.1) is 0 Å². The second-order valence-electron chi connectivity index (χ2n) is 9.59. The van der Waals surface area contributed by atoms with E-state index in [4.69, 9.17) is 15.2 Å². The lowest BCUT2D eigenvalue weighted by Crippen LogP contribution is -2.52. The molecule has 1 aromatic heterocycles. The van der Waals surface area contributed by atoms with Crippen LogP contribution in [0.1, 0.15) is 23.5 Å². The summed E-state index contributed by atoms with van der Waals surface area (Å²) in [7, 11) is 1.38. The fourth-order valence-corrected chi connectivity index (χ4v) is 5.64. The number of hydrogen-bond acceptors (Lipinski definition) is 6. The maximum Gasteiger partial charge on any atom is 0.351 e. The van der Waals surface area contributed by atoms with E-state index in [1.165, 1.54) is 19.2 Å². The third-order valence-electron chi connectivity index (χ3n) is 7.47. The van der Waals surface area contributed by atoms with E-state index in [0.29, 0.717) is 20.9 Å². The lowest BCUT2D eigenvalue weighted by atomic mass is 9.77. The predicted octanol–water partition coefficient (Wildman–Crippen LogP) is 4.94. The largest absolute Gasteiger partial charge is 0.383 e. The number of benzene rings is 4. The highest BCUT2D eigenvalue weighted by Gasteiger charge is 2.72. The summed E-state index contributed by atoms with van der Waals surface area (Å²) >= 11 is 0. The molecule has 6 rings (SSSR count). The highest BCUT2D eigenvalue weighted by atomic mass is 19.3. The first kappa shape index (κ1) is 25.1. The summed E-state index contributed by atoms with van der Waals surface area (Å²) in [5.41, 5.74) is 2.17. The summed E-state index contributed by atoms with van der Waals surface area (Å²) in [5, 5.41) is 15.1. The lowest BCUT2D eigenvalue weighted by Gasteiger charge is -2.37. The molecule has 1 fully saturated rings. The Morgan fingerprint density at radius 1 is 0.949 bits per heavy atom. The van der Waals surface area contributed by atoms with Crippen molar-refractivity contribution in [2.24, 2.45) is 0 Å². The first-order valence-corrected chi connectivity index (χ1v) is 12.4. The van der Waals surface area contributed by atoms with Crippen molar-refractivity contribution in [2.45, 2.75) is 30.0 Å². The molecule has 0 bridgehead atoms.